The van der Waals surface area contributed by atoms with Crippen molar-refractivity contribution in [2.45, 2.75) is 25.3 Å². The molecule has 0 saturated heterocycles. The molecule has 1 aliphatic carbocycles. The Labute approximate surface area is 130 Å². The van der Waals surface area contributed by atoms with Gasteiger partial charge in [-0.25, -0.2) is 15.0 Å². The molecule has 0 spiro atoms. The van der Waals surface area contributed by atoms with Gasteiger partial charge in [0.05, 0.1) is 17.4 Å². The molecule has 3 aromatic rings. The molecule has 0 amide bonds. The van der Waals surface area contributed by atoms with Crippen LogP contribution in [0.15, 0.2) is 35.3 Å². The highest BCUT2D eigenvalue weighted by Crippen LogP contribution is 2.38. The zero-order valence-electron chi connectivity index (χ0n) is 11.3. The Hall–Kier alpha value is -1.95. The molecule has 3 aromatic heterocycles. The zero-order valence-corrected chi connectivity index (χ0v) is 12.9. The summed E-state index contributed by atoms with van der Waals surface area (Å²) in [4.78, 5) is 12.7. The van der Waals surface area contributed by atoms with E-state index in [0.717, 1.165) is 26.8 Å². The molecule has 106 valence electrons. The van der Waals surface area contributed by atoms with E-state index in [4.69, 9.17) is 5.73 Å². The molecule has 1 aliphatic rings. The quantitative estimate of drug-likeness (QED) is 0.722. The Kier molecular flexibility index (Phi) is 2.92. The molecule has 1 saturated carbocycles. The van der Waals surface area contributed by atoms with E-state index in [1.807, 2.05) is 18.3 Å². The molecule has 0 aliphatic heterocycles. The second kappa shape index (κ2) is 4.80. The van der Waals surface area contributed by atoms with E-state index in [0.29, 0.717) is 12.0 Å². The van der Waals surface area contributed by atoms with Crippen molar-refractivity contribution in [1.82, 2.24) is 19.5 Å². The highest BCUT2D eigenvalue weighted by atomic mass is 79.9. The maximum Gasteiger partial charge on any atom is 0.220 e. The van der Waals surface area contributed by atoms with Crippen molar-refractivity contribution in [3.05, 3.63) is 35.3 Å². The first-order chi connectivity index (χ1) is 10.2. The molecule has 0 atom stereocenters. The fourth-order valence-corrected chi connectivity index (χ4v) is 3.15. The molecule has 0 radical (unpaired) electrons. The van der Waals surface area contributed by atoms with Gasteiger partial charge in [-0.3, -0.25) is 0 Å². The van der Waals surface area contributed by atoms with Crippen LogP contribution in [-0.4, -0.2) is 19.5 Å². The molecule has 5 nitrogen and oxygen atoms in total. The van der Waals surface area contributed by atoms with Gasteiger partial charge in [-0.1, -0.05) is 0 Å². The Bertz CT molecular complexity index is 822. The Morgan fingerprint density at radius 2 is 2.14 bits per heavy atom. The topological polar surface area (TPSA) is 69.6 Å². The molecule has 0 aromatic carbocycles. The van der Waals surface area contributed by atoms with Gasteiger partial charge in [-0.2, -0.15) is 0 Å². The average Bonchev–Trinajstić information content (AvgIpc) is 2.75. The lowest BCUT2D eigenvalue weighted by Gasteiger charge is -2.27. The number of pyridine rings is 1. The van der Waals surface area contributed by atoms with Crippen LogP contribution in [0.2, 0.25) is 0 Å². The normalized spacial score (nSPS) is 15.3. The molecule has 6 heteroatoms. The van der Waals surface area contributed by atoms with Gasteiger partial charge in [-0.15, -0.1) is 0 Å². The summed E-state index contributed by atoms with van der Waals surface area (Å²) >= 11 is 3.45. The van der Waals surface area contributed by atoms with E-state index >= 15 is 0 Å². The number of hydrogen-bond acceptors (Lipinski definition) is 4. The minimum absolute atomic E-state index is 0.296. The molecule has 4 rings (SSSR count). The van der Waals surface area contributed by atoms with E-state index in [1.165, 1.54) is 19.3 Å². The minimum Gasteiger partial charge on any atom is -0.368 e. The van der Waals surface area contributed by atoms with Crippen LogP contribution in [0.25, 0.3) is 22.2 Å². The summed E-state index contributed by atoms with van der Waals surface area (Å²) < 4.78 is 3.15. The third-order valence-corrected chi connectivity index (χ3v) is 4.54. The lowest BCUT2D eigenvalue weighted by atomic mass is 9.93. The summed E-state index contributed by atoms with van der Waals surface area (Å²) in [6.07, 6.45) is 9.54. The fourth-order valence-electron chi connectivity index (χ4n) is 2.82. The number of aromatic nitrogens is 4. The fraction of sp³-hybridized carbons (Fsp3) is 0.267. The van der Waals surface area contributed by atoms with Gasteiger partial charge in [0, 0.05) is 29.4 Å². The van der Waals surface area contributed by atoms with Gasteiger partial charge >= 0.3 is 0 Å². The SMILES string of the molecule is Nc1nccc(-c2cn(C3CCC3)c3cnc(Br)cc23)n1. The first kappa shape index (κ1) is 12.8. The Morgan fingerprint density at radius 1 is 1.29 bits per heavy atom. The van der Waals surface area contributed by atoms with Crippen LogP contribution in [0.5, 0.6) is 0 Å². The van der Waals surface area contributed by atoms with Crippen molar-refractivity contribution in [3.8, 4) is 11.3 Å². The molecule has 2 N–H and O–H groups in total. The van der Waals surface area contributed by atoms with Crippen molar-refractivity contribution < 1.29 is 0 Å². The summed E-state index contributed by atoms with van der Waals surface area (Å²) in [7, 11) is 0. The molecule has 0 unspecified atom stereocenters. The van der Waals surface area contributed by atoms with Gasteiger partial charge in [0.1, 0.15) is 4.60 Å². The third kappa shape index (κ3) is 2.10. The zero-order chi connectivity index (χ0) is 14.4. The number of fused-ring (bicyclic) bond motifs is 1. The number of nitrogens with zero attached hydrogens (tertiary/aromatic N) is 4. The minimum atomic E-state index is 0.296. The first-order valence-electron chi connectivity index (χ1n) is 6.97. The number of nitrogens with two attached hydrogens (primary N) is 1. The first-order valence-corrected chi connectivity index (χ1v) is 7.76. The molecule has 21 heavy (non-hydrogen) atoms. The van der Waals surface area contributed by atoms with Crippen LogP contribution < -0.4 is 5.73 Å². The number of nitrogen functional groups attached to an aromatic ring is 1. The summed E-state index contributed by atoms with van der Waals surface area (Å²) in [5.74, 6) is 0.296. The van der Waals surface area contributed by atoms with Crippen molar-refractivity contribution in [3.63, 3.8) is 0 Å². The predicted octanol–water partition coefficient (Wildman–Crippen LogP) is 3.56. The molecule has 1 fully saturated rings. The second-order valence-corrected chi connectivity index (χ2v) is 6.17. The number of hydrogen-bond donors (Lipinski definition) is 1. The summed E-state index contributed by atoms with van der Waals surface area (Å²) in [6.45, 7) is 0. The summed E-state index contributed by atoms with van der Waals surface area (Å²) in [6, 6.07) is 4.51. The Morgan fingerprint density at radius 3 is 2.86 bits per heavy atom. The maximum absolute atomic E-state index is 5.72. The van der Waals surface area contributed by atoms with E-state index in [1.54, 1.807) is 6.20 Å². The summed E-state index contributed by atoms with van der Waals surface area (Å²) in [5.41, 5.74) is 8.80. The van der Waals surface area contributed by atoms with E-state index in [-0.39, 0.29) is 0 Å². The largest absolute Gasteiger partial charge is 0.368 e. The standard InChI is InChI=1S/C15H14BrN5/c16-14-6-10-11(12-4-5-18-15(17)20-12)8-21(9-2-1-3-9)13(10)7-19-14/h4-9H,1-3H2,(H2,17,18,20). The van der Waals surface area contributed by atoms with E-state index in [9.17, 15) is 0 Å². The highest BCUT2D eigenvalue weighted by Gasteiger charge is 2.23. The monoisotopic (exact) mass is 343 g/mol. The van der Waals surface area contributed by atoms with Gasteiger partial charge in [0.25, 0.3) is 0 Å². The van der Waals surface area contributed by atoms with Gasteiger partial charge in [0.15, 0.2) is 0 Å². The summed E-state index contributed by atoms with van der Waals surface area (Å²) in [5, 5.41) is 1.14. The second-order valence-electron chi connectivity index (χ2n) is 5.36. The van der Waals surface area contributed by atoms with E-state index < -0.39 is 0 Å². The number of anilines is 1. The maximum atomic E-state index is 5.72. The van der Waals surface area contributed by atoms with Crippen molar-refractivity contribution in [1.29, 1.82) is 0 Å². The molecule has 3 heterocycles. The highest BCUT2D eigenvalue weighted by molar-refractivity contribution is 9.10. The Balaban J connectivity index is 1.97. The van der Waals surface area contributed by atoms with Crippen LogP contribution in [0.1, 0.15) is 25.3 Å². The van der Waals surface area contributed by atoms with Gasteiger partial charge < -0.3 is 10.3 Å². The van der Waals surface area contributed by atoms with Crippen molar-refractivity contribution in [2.24, 2.45) is 0 Å². The van der Waals surface area contributed by atoms with Gasteiger partial charge in [-0.05, 0) is 47.3 Å². The molecular weight excluding hydrogens is 330 g/mol. The van der Waals surface area contributed by atoms with Crippen molar-refractivity contribution in [2.75, 3.05) is 5.73 Å². The van der Waals surface area contributed by atoms with Crippen molar-refractivity contribution >= 4 is 32.8 Å². The smallest absolute Gasteiger partial charge is 0.220 e. The number of rotatable bonds is 2. The molecule has 0 bridgehead atoms. The van der Waals surface area contributed by atoms with Crippen LogP contribution in [0.4, 0.5) is 5.95 Å². The lowest BCUT2D eigenvalue weighted by Crippen LogP contribution is -2.15. The van der Waals surface area contributed by atoms with E-state index in [2.05, 4.69) is 41.6 Å². The van der Waals surface area contributed by atoms with Gasteiger partial charge in [0.2, 0.25) is 5.95 Å². The average molecular weight is 344 g/mol. The van der Waals surface area contributed by atoms with Crippen LogP contribution >= 0.6 is 15.9 Å². The number of halogens is 1. The van der Waals surface area contributed by atoms with Crippen LogP contribution in [-0.2, 0) is 0 Å². The van der Waals surface area contributed by atoms with Crippen LogP contribution in [0.3, 0.4) is 0 Å². The van der Waals surface area contributed by atoms with Crippen LogP contribution in [0, 0.1) is 0 Å². The molecular formula is C15H14BrN5. The third-order valence-electron chi connectivity index (χ3n) is 4.10. The predicted molar refractivity (Wildman–Crippen MR) is 85.8 cm³/mol. The lowest BCUT2D eigenvalue weighted by molar-refractivity contribution is 0.321.